The Morgan fingerprint density at radius 2 is 1.94 bits per heavy atom. The lowest BCUT2D eigenvalue weighted by Gasteiger charge is -2.34. The quantitative estimate of drug-likeness (QED) is 0.404. The van der Waals surface area contributed by atoms with E-state index < -0.39 is 35.6 Å². The van der Waals surface area contributed by atoms with E-state index in [2.05, 4.69) is 4.98 Å². The van der Waals surface area contributed by atoms with E-state index in [1.54, 1.807) is 20.8 Å². The largest absolute Gasteiger partial charge is 0.458 e. The Bertz CT molecular complexity index is 973. The number of carbonyl (C=O) groups is 2. The molecule has 3 rings (SSSR count). The highest BCUT2D eigenvalue weighted by Crippen LogP contribution is 2.45. The second-order valence-corrected chi connectivity index (χ2v) is 12.2. The van der Waals surface area contributed by atoms with Gasteiger partial charge in [-0.25, -0.2) is 4.98 Å². The number of nitrogens with zero attached hydrogens (tertiary/aromatic N) is 1. The molecule has 2 aliphatic heterocycles. The molecule has 1 aromatic heterocycles. The molecule has 2 saturated heterocycles. The summed E-state index contributed by atoms with van der Waals surface area (Å²) in [7, 11) is 0. The van der Waals surface area contributed by atoms with E-state index in [0.29, 0.717) is 17.1 Å². The van der Waals surface area contributed by atoms with Gasteiger partial charge in [-0.15, -0.1) is 11.3 Å². The highest BCUT2D eigenvalue weighted by Gasteiger charge is 2.53. The fourth-order valence-corrected chi connectivity index (χ4v) is 5.69. The van der Waals surface area contributed by atoms with Gasteiger partial charge < -0.3 is 24.8 Å². The molecule has 3 heterocycles. The number of hydrogen-bond acceptors (Lipinski definition) is 9. The molecule has 0 spiro atoms. The molecular weight excluding hydrogens is 482 g/mol. The third kappa shape index (κ3) is 6.61. The van der Waals surface area contributed by atoms with E-state index in [4.69, 9.17) is 9.47 Å². The average molecular weight is 524 g/mol. The lowest BCUT2D eigenvalue weighted by Crippen LogP contribution is -2.45. The number of cyclic esters (lactones) is 1. The molecule has 0 bridgehead atoms. The number of fused-ring (bicyclic) bond motifs is 1. The minimum absolute atomic E-state index is 0.0860. The Balaban J connectivity index is 1.85. The number of aromatic nitrogens is 1. The standard InChI is InChI=1S/C27H41NO7S/c1-15-8-7-9-27(6)21(35-27)11-19(16(2)10-18-14-36-22(13-29)28-18)34-23(31)12-20(30)26(4,5)25(33)17(3)24(15)32/h10,14-15,17,19-21,24,29-30,32H,7-9,11-13H2,1-6H3/b16-10+/t15-,17+,19?,20-,21?,24-,27+/m0/s1. The molecule has 8 nitrogen and oxygen atoms in total. The van der Waals surface area contributed by atoms with Crippen molar-refractivity contribution in [3.63, 3.8) is 0 Å². The second-order valence-electron chi connectivity index (χ2n) is 11.3. The Morgan fingerprint density at radius 1 is 1.25 bits per heavy atom. The van der Waals surface area contributed by atoms with Gasteiger partial charge in [-0.05, 0) is 44.3 Å². The zero-order valence-corrected chi connectivity index (χ0v) is 23.0. The molecule has 2 fully saturated rings. The zero-order chi connectivity index (χ0) is 26.8. The number of rotatable bonds is 3. The van der Waals surface area contributed by atoms with Crippen LogP contribution in [0.5, 0.6) is 0 Å². The summed E-state index contributed by atoms with van der Waals surface area (Å²) in [5, 5.41) is 33.4. The predicted octanol–water partition coefficient (Wildman–Crippen LogP) is 3.66. The summed E-state index contributed by atoms with van der Waals surface area (Å²) in [5.74, 6) is -1.64. The van der Waals surface area contributed by atoms with Crippen molar-refractivity contribution in [1.29, 1.82) is 0 Å². The first-order valence-corrected chi connectivity index (χ1v) is 13.7. The summed E-state index contributed by atoms with van der Waals surface area (Å²) >= 11 is 1.35. The summed E-state index contributed by atoms with van der Waals surface area (Å²) in [4.78, 5) is 30.5. The SMILES string of the molecule is C/C(=C\c1csc(CO)n1)C1CC2O[C@]2(C)CCC[C@H](C)[C@H](O)[C@@H](C)C(=O)C(C)(C)[C@@H](O)CC(=O)O1. The number of thiazole rings is 1. The molecular formula is C27H41NO7S. The van der Waals surface area contributed by atoms with Crippen LogP contribution in [0.4, 0.5) is 0 Å². The Labute approximate surface area is 217 Å². The monoisotopic (exact) mass is 523 g/mol. The van der Waals surface area contributed by atoms with E-state index in [0.717, 1.165) is 24.8 Å². The van der Waals surface area contributed by atoms with Gasteiger partial charge in [0.05, 0.1) is 48.0 Å². The van der Waals surface area contributed by atoms with Crippen molar-refractivity contribution in [2.75, 3.05) is 0 Å². The molecule has 0 aromatic carbocycles. The van der Waals surface area contributed by atoms with Gasteiger partial charge in [0.15, 0.2) is 0 Å². The van der Waals surface area contributed by atoms with Crippen molar-refractivity contribution >= 4 is 29.2 Å². The first-order chi connectivity index (χ1) is 16.8. The normalized spacial score (nSPS) is 36.8. The fourth-order valence-electron chi connectivity index (χ4n) is 5.08. The molecule has 2 aliphatic rings. The van der Waals surface area contributed by atoms with Crippen molar-refractivity contribution < 1.29 is 34.4 Å². The first kappa shape index (κ1) is 28.9. The second kappa shape index (κ2) is 11.4. The molecule has 9 heteroatoms. The molecule has 7 atom stereocenters. The Hall–Kier alpha value is -1.65. The van der Waals surface area contributed by atoms with Crippen molar-refractivity contribution in [2.45, 2.75) is 110 Å². The number of aliphatic hydroxyl groups excluding tert-OH is 3. The minimum Gasteiger partial charge on any atom is -0.458 e. The number of carbonyl (C=O) groups excluding carboxylic acids is 2. The molecule has 0 radical (unpaired) electrons. The number of ether oxygens (including phenoxy) is 2. The van der Waals surface area contributed by atoms with Gasteiger partial charge in [0.2, 0.25) is 0 Å². The van der Waals surface area contributed by atoms with Gasteiger partial charge in [-0.3, -0.25) is 9.59 Å². The third-order valence-corrected chi connectivity index (χ3v) is 8.85. The van der Waals surface area contributed by atoms with Gasteiger partial charge in [-0.1, -0.05) is 34.1 Å². The van der Waals surface area contributed by atoms with E-state index in [9.17, 15) is 24.9 Å². The zero-order valence-electron chi connectivity index (χ0n) is 22.2. The van der Waals surface area contributed by atoms with Gasteiger partial charge in [0.1, 0.15) is 16.9 Å². The topological polar surface area (TPSA) is 129 Å². The smallest absolute Gasteiger partial charge is 0.309 e. The van der Waals surface area contributed by atoms with Crippen LogP contribution in [0.15, 0.2) is 11.0 Å². The maximum absolute atomic E-state index is 13.2. The van der Waals surface area contributed by atoms with Crippen LogP contribution in [0.1, 0.15) is 84.3 Å². The number of ketones is 1. The number of esters is 1. The molecule has 2 unspecified atom stereocenters. The fraction of sp³-hybridized carbons (Fsp3) is 0.741. The van der Waals surface area contributed by atoms with Crippen LogP contribution < -0.4 is 0 Å². The molecule has 0 aliphatic carbocycles. The van der Waals surface area contributed by atoms with Crippen LogP contribution in [0.25, 0.3) is 6.08 Å². The minimum atomic E-state index is -1.26. The molecule has 36 heavy (non-hydrogen) atoms. The van der Waals surface area contributed by atoms with Crippen LogP contribution in [0, 0.1) is 17.3 Å². The van der Waals surface area contributed by atoms with E-state index in [-0.39, 0.29) is 36.4 Å². The van der Waals surface area contributed by atoms with Gasteiger partial charge >= 0.3 is 5.97 Å². The van der Waals surface area contributed by atoms with Crippen LogP contribution in [-0.2, 0) is 25.7 Å². The van der Waals surface area contributed by atoms with E-state index in [1.165, 1.54) is 11.3 Å². The lowest BCUT2D eigenvalue weighted by atomic mass is 9.73. The van der Waals surface area contributed by atoms with Crippen molar-refractivity contribution in [2.24, 2.45) is 17.3 Å². The third-order valence-electron chi connectivity index (χ3n) is 8.00. The molecule has 0 saturated carbocycles. The lowest BCUT2D eigenvalue weighted by molar-refractivity contribution is -0.154. The predicted molar refractivity (Wildman–Crippen MR) is 137 cm³/mol. The molecule has 0 amide bonds. The number of hydrogen-bond donors (Lipinski definition) is 3. The van der Waals surface area contributed by atoms with Crippen LogP contribution in [0.2, 0.25) is 0 Å². The van der Waals surface area contributed by atoms with E-state index >= 15 is 0 Å². The summed E-state index contributed by atoms with van der Waals surface area (Å²) in [6.07, 6.45) is 1.60. The maximum Gasteiger partial charge on any atom is 0.309 e. The van der Waals surface area contributed by atoms with Crippen molar-refractivity contribution in [1.82, 2.24) is 4.98 Å². The number of Topliss-reactive ketones (excluding diaryl/α,β-unsaturated/α-hetero) is 1. The highest BCUT2D eigenvalue weighted by atomic mass is 32.1. The number of aliphatic hydroxyl groups is 3. The summed E-state index contributed by atoms with van der Waals surface area (Å²) in [6, 6.07) is 0. The first-order valence-electron chi connectivity index (χ1n) is 12.8. The van der Waals surface area contributed by atoms with Crippen LogP contribution >= 0.6 is 11.3 Å². The molecule has 202 valence electrons. The number of epoxide rings is 1. The molecule has 1 aromatic rings. The summed E-state index contributed by atoms with van der Waals surface area (Å²) < 4.78 is 11.9. The van der Waals surface area contributed by atoms with Gasteiger partial charge in [0.25, 0.3) is 0 Å². The van der Waals surface area contributed by atoms with Gasteiger partial charge in [0, 0.05) is 17.7 Å². The van der Waals surface area contributed by atoms with Gasteiger partial charge in [-0.2, -0.15) is 0 Å². The van der Waals surface area contributed by atoms with E-state index in [1.807, 2.05) is 32.2 Å². The van der Waals surface area contributed by atoms with Crippen molar-refractivity contribution in [3.05, 3.63) is 21.7 Å². The highest BCUT2D eigenvalue weighted by molar-refractivity contribution is 7.09. The maximum atomic E-state index is 13.2. The Kier molecular flexibility index (Phi) is 9.15. The van der Waals surface area contributed by atoms with Crippen LogP contribution in [-0.4, -0.2) is 62.1 Å². The molecule has 3 N–H and O–H groups in total. The average Bonchev–Trinajstić information content (AvgIpc) is 3.23. The Morgan fingerprint density at radius 3 is 2.58 bits per heavy atom. The summed E-state index contributed by atoms with van der Waals surface area (Å²) in [6.45, 7) is 10.6. The van der Waals surface area contributed by atoms with Crippen molar-refractivity contribution in [3.8, 4) is 0 Å². The summed E-state index contributed by atoms with van der Waals surface area (Å²) in [5.41, 5.74) is -0.0964. The van der Waals surface area contributed by atoms with Crippen LogP contribution in [0.3, 0.4) is 0 Å².